The van der Waals surface area contributed by atoms with Crippen molar-refractivity contribution in [2.45, 2.75) is 65.6 Å². The quantitative estimate of drug-likeness (QED) is 0.803. The van der Waals surface area contributed by atoms with Gasteiger partial charge < -0.3 is 10.3 Å². The number of aromatic nitrogens is 3. The largest absolute Gasteiger partial charge is 0.361 e. The Morgan fingerprint density at radius 2 is 2.18 bits per heavy atom. The molecular formula is C21H29N5O2. The van der Waals surface area contributed by atoms with Gasteiger partial charge in [0.15, 0.2) is 5.78 Å². The molecule has 1 aliphatic carbocycles. The van der Waals surface area contributed by atoms with E-state index in [1.54, 1.807) is 0 Å². The molecule has 0 saturated heterocycles. The molecule has 2 aromatic heterocycles. The van der Waals surface area contributed by atoms with Gasteiger partial charge in [0.25, 0.3) is 5.91 Å². The lowest BCUT2D eigenvalue weighted by atomic mass is 9.93. The van der Waals surface area contributed by atoms with Gasteiger partial charge in [-0.15, -0.1) is 0 Å². The predicted molar refractivity (Wildman–Crippen MR) is 106 cm³/mol. The summed E-state index contributed by atoms with van der Waals surface area (Å²) in [5.41, 5.74) is 4.86. The lowest BCUT2D eigenvalue weighted by molar-refractivity contribution is 0.0925. The normalized spacial score (nSPS) is 16.7. The second kappa shape index (κ2) is 7.91. The smallest absolute Gasteiger partial charge is 0.254 e. The van der Waals surface area contributed by atoms with Gasteiger partial charge in [0.2, 0.25) is 0 Å². The number of ketones is 1. The Balaban J connectivity index is 1.42. The van der Waals surface area contributed by atoms with Crippen LogP contribution in [0.1, 0.15) is 76.1 Å². The fourth-order valence-electron chi connectivity index (χ4n) is 4.32. The molecule has 2 aliphatic rings. The number of aryl methyl sites for hydroxylation is 2. The van der Waals surface area contributed by atoms with Gasteiger partial charge in [-0.1, -0.05) is 13.3 Å². The molecule has 0 radical (unpaired) electrons. The van der Waals surface area contributed by atoms with E-state index < -0.39 is 0 Å². The van der Waals surface area contributed by atoms with Gasteiger partial charge in [0, 0.05) is 30.9 Å². The Morgan fingerprint density at radius 1 is 1.32 bits per heavy atom. The van der Waals surface area contributed by atoms with Gasteiger partial charge in [-0.25, -0.2) is 0 Å². The van der Waals surface area contributed by atoms with Crippen LogP contribution in [0.3, 0.4) is 0 Å². The molecule has 4 rings (SSSR count). The van der Waals surface area contributed by atoms with Crippen LogP contribution >= 0.6 is 0 Å². The number of unbranched alkanes of at least 4 members (excludes halogenated alkanes) is 1. The first-order valence-electron chi connectivity index (χ1n) is 10.4. The maximum Gasteiger partial charge on any atom is 0.254 e. The highest BCUT2D eigenvalue weighted by atomic mass is 16.2. The lowest BCUT2D eigenvalue weighted by Gasteiger charge is -2.27. The molecule has 28 heavy (non-hydrogen) atoms. The second-order valence-corrected chi connectivity index (χ2v) is 7.92. The monoisotopic (exact) mass is 383 g/mol. The number of hydrogen-bond donors (Lipinski definition) is 2. The summed E-state index contributed by atoms with van der Waals surface area (Å²) in [4.78, 5) is 30.8. The maximum atomic E-state index is 12.8. The van der Waals surface area contributed by atoms with Crippen LogP contribution in [0.4, 0.5) is 0 Å². The number of amides is 1. The molecule has 1 aliphatic heterocycles. The van der Waals surface area contributed by atoms with Gasteiger partial charge in [-0.3, -0.25) is 19.2 Å². The predicted octanol–water partition coefficient (Wildman–Crippen LogP) is 2.58. The Kier molecular flexibility index (Phi) is 5.35. The number of nitrogens with one attached hydrogen (secondary N) is 2. The molecule has 3 heterocycles. The van der Waals surface area contributed by atoms with E-state index in [9.17, 15) is 9.59 Å². The number of aromatic amines is 1. The molecule has 7 heteroatoms. The summed E-state index contributed by atoms with van der Waals surface area (Å²) in [6.07, 6.45) is 4.63. The summed E-state index contributed by atoms with van der Waals surface area (Å²) in [5.74, 6) is -0.124. The lowest BCUT2D eigenvalue weighted by Crippen LogP contribution is -2.34. The van der Waals surface area contributed by atoms with Gasteiger partial charge in [-0.2, -0.15) is 5.10 Å². The van der Waals surface area contributed by atoms with E-state index >= 15 is 0 Å². The van der Waals surface area contributed by atoms with Crippen molar-refractivity contribution >= 4 is 11.7 Å². The van der Waals surface area contributed by atoms with E-state index in [1.807, 2.05) is 6.92 Å². The molecule has 1 amide bonds. The van der Waals surface area contributed by atoms with Crippen LogP contribution in [0.5, 0.6) is 0 Å². The van der Waals surface area contributed by atoms with Crippen LogP contribution in [0.25, 0.3) is 0 Å². The van der Waals surface area contributed by atoms with Crippen molar-refractivity contribution in [3.63, 3.8) is 0 Å². The average Bonchev–Trinajstić information content (AvgIpc) is 3.24. The number of nitrogens with zero attached hydrogens (tertiary/aromatic N) is 3. The topological polar surface area (TPSA) is 83.0 Å². The zero-order valence-electron chi connectivity index (χ0n) is 16.8. The third-order valence-corrected chi connectivity index (χ3v) is 5.79. The fraction of sp³-hybridized carbons (Fsp3) is 0.571. The zero-order valence-corrected chi connectivity index (χ0v) is 16.8. The van der Waals surface area contributed by atoms with Gasteiger partial charge in [-0.05, 0) is 38.8 Å². The van der Waals surface area contributed by atoms with Crippen molar-refractivity contribution in [1.29, 1.82) is 0 Å². The Bertz CT molecular complexity index is 895. The number of carbonyl (C=O) groups is 2. The van der Waals surface area contributed by atoms with Gasteiger partial charge in [0.05, 0.1) is 35.6 Å². The first kappa shape index (κ1) is 18.9. The number of H-pyrrole nitrogens is 1. The van der Waals surface area contributed by atoms with Gasteiger partial charge in [0.1, 0.15) is 0 Å². The molecule has 7 nitrogen and oxygen atoms in total. The summed E-state index contributed by atoms with van der Waals surface area (Å²) in [7, 11) is 0. The van der Waals surface area contributed by atoms with Crippen molar-refractivity contribution in [3.05, 3.63) is 40.0 Å². The fourth-order valence-corrected chi connectivity index (χ4v) is 4.32. The molecular weight excluding hydrogens is 354 g/mol. The highest BCUT2D eigenvalue weighted by Crippen LogP contribution is 2.26. The van der Waals surface area contributed by atoms with E-state index in [0.717, 1.165) is 56.1 Å². The number of rotatable bonds is 6. The van der Waals surface area contributed by atoms with Crippen LogP contribution in [-0.4, -0.2) is 44.4 Å². The first-order valence-corrected chi connectivity index (χ1v) is 10.4. The van der Waals surface area contributed by atoms with Crippen LogP contribution in [0.15, 0.2) is 6.07 Å². The third kappa shape index (κ3) is 3.63. The van der Waals surface area contributed by atoms with Crippen molar-refractivity contribution in [2.24, 2.45) is 0 Å². The summed E-state index contributed by atoms with van der Waals surface area (Å²) in [5, 5.41) is 7.61. The highest BCUT2D eigenvalue weighted by molar-refractivity contribution is 6.10. The zero-order chi connectivity index (χ0) is 19.7. The molecule has 150 valence electrons. The van der Waals surface area contributed by atoms with Crippen molar-refractivity contribution in [3.8, 4) is 0 Å². The number of Topliss-reactive ketones (excluding diaryl/α,β-unsaturated/α-hetero) is 1. The highest BCUT2D eigenvalue weighted by Gasteiger charge is 2.28. The summed E-state index contributed by atoms with van der Waals surface area (Å²) in [6.45, 7) is 8.41. The average molecular weight is 383 g/mol. The van der Waals surface area contributed by atoms with Crippen LogP contribution in [-0.2, 0) is 26.1 Å². The molecule has 0 spiro atoms. The number of hydrogen-bond acceptors (Lipinski definition) is 4. The van der Waals surface area contributed by atoms with E-state index in [2.05, 4.69) is 38.0 Å². The molecule has 0 saturated carbocycles. The third-order valence-electron chi connectivity index (χ3n) is 5.79. The van der Waals surface area contributed by atoms with Gasteiger partial charge >= 0.3 is 0 Å². The van der Waals surface area contributed by atoms with Crippen LogP contribution in [0, 0.1) is 6.92 Å². The first-order chi connectivity index (χ1) is 13.6. The van der Waals surface area contributed by atoms with Crippen LogP contribution < -0.4 is 5.32 Å². The molecule has 0 fully saturated rings. The molecule has 2 aromatic rings. The van der Waals surface area contributed by atoms with E-state index in [0.29, 0.717) is 24.1 Å². The number of fused-ring (bicyclic) bond motifs is 2. The summed E-state index contributed by atoms with van der Waals surface area (Å²) < 4.78 is 2.05. The van der Waals surface area contributed by atoms with E-state index in [4.69, 9.17) is 0 Å². The summed E-state index contributed by atoms with van der Waals surface area (Å²) >= 11 is 0. The maximum absolute atomic E-state index is 12.8. The molecule has 0 atom stereocenters. The standard InChI is InChI=1S/C21H29N5O2/c1-3-4-8-25-9-10-26-16(13-25)11-15(24-26)12-22-21(28)19-14(2)23-17-6-5-7-18(27)20(17)19/h11,23H,3-10,12-13H2,1-2H3,(H,22,28). The second-order valence-electron chi connectivity index (χ2n) is 7.92. The van der Waals surface area contributed by atoms with E-state index in [-0.39, 0.29) is 11.7 Å². The van der Waals surface area contributed by atoms with Crippen molar-refractivity contribution < 1.29 is 9.59 Å². The summed E-state index contributed by atoms with van der Waals surface area (Å²) in [6, 6.07) is 2.09. The molecule has 2 N–H and O–H groups in total. The Labute approximate surface area is 165 Å². The SMILES string of the molecule is CCCCN1CCn2nc(CNC(=O)c3c(C)[nH]c4c3C(=O)CCC4)cc2C1. The minimum Gasteiger partial charge on any atom is -0.361 e. The van der Waals surface area contributed by atoms with E-state index in [1.165, 1.54) is 18.5 Å². The molecule has 0 aromatic carbocycles. The Hall–Kier alpha value is -2.41. The van der Waals surface area contributed by atoms with Crippen LogP contribution in [0.2, 0.25) is 0 Å². The molecule has 0 unspecified atom stereocenters. The van der Waals surface area contributed by atoms with Crippen molar-refractivity contribution in [1.82, 2.24) is 25.0 Å². The minimum atomic E-state index is -0.194. The minimum absolute atomic E-state index is 0.0698. The Morgan fingerprint density at radius 3 is 3.00 bits per heavy atom. The van der Waals surface area contributed by atoms with Crippen molar-refractivity contribution in [2.75, 3.05) is 13.1 Å². The number of carbonyl (C=O) groups excluding carboxylic acids is 2. The molecule has 0 bridgehead atoms.